The van der Waals surface area contributed by atoms with Crippen LogP contribution >= 0.6 is 0 Å². The molecule has 0 bridgehead atoms. The molecule has 0 aliphatic carbocycles. The van der Waals surface area contributed by atoms with Crippen molar-refractivity contribution in [3.05, 3.63) is 67.2 Å². The van der Waals surface area contributed by atoms with Crippen molar-refractivity contribution in [1.29, 1.82) is 0 Å². The number of nitrogens with one attached hydrogen (secondary N) is 2. The summed E-state index contributed by atoms with van der Waals surface area (Å²) < 4.78 is 5.38. The lowest BCUT2D eigenvalue weighted by Gasteiger charge is -2.14. The predicted octanol–water partition coefficient (Wildman–Crippen LogP) is 3.75. The van der Waals surface area contributed by atoms with E-state index in [1.807, 2.05) is 38.2 Å². The molecule has 0 amide bonds. The second-order valence-corrected chi connectivity index (χ2v) is 5.05. The van der Waals surface area contributed by atoms with Gasteiger partial charge in [-0.25, -0.2) is 0 Å². The second-order valence-electron chi connectivity index (χ2n) is 5.05. The van der Waals surface area contributed by atoms with Gasteiger partial charge in [-0.3, -0.25) is 0 Å². The summed E-state index contributed by atoms with van der Waals surface area (Å²) in [5.41, 5.74) is 7.79. The van der Waals surface area contributed by atoms with Crippen LogP contribution in [0.4, 0.5) is 5.69 Å². The number of hydrogen-bond acceptors (Lipinski definition) is 4. The summed E-state index contributed by atoms with van der Waals surface area (Å²) in [5.74, 6) is 0.733. The van der Waals surface area contributed by atoms with Gasteiger partial charge in [-0.05, 0) is 44.8 Å². The Balaban J connectivity index is 0.00000135. The number of anilines is 1. The Morgan fingerprint density at radius 3 is 2.32 bits per heavy atom. The van der Waals surface area contributed by atoms with Crippen LogP contribution in [0.1, 0.15) is 25.8 Å². The Hall–Kier alpha value is -2.20. The maximum Gasteiger partial charge on any atom is 0.113 e. The van der Waals surface area contributed by atoms with E-state index < -0.39 is 0 Å². The highest BCUT2D eigenvalue weighted by Gasteiger charge is 2.02. The summed E-state index contributed by atoms with van der Waals surface area (Å²) >= 11 is 0. The first-order valence-electron chi connectivity index (χ1n) is 7.24. The summed E-state index contributed by atoms with van der Waals surface area (Å²) in [6, 6.07) is 8.57. The van der Waals surface area contributed by atoms with E-state index in [2.05, 4.69) is 43.0 Å². The number of rotatable bonds is 8. The lowest BCUT2D eigenvalue weighted by molar-refractivity contribution is 0.202. The third kappa shape index (κ3) is 9.66. The van der Waals surface area contributed by atoms with Gasteiger partial charge in [0.25, 0.3) is 0 Å². The van der Waals surface area contributed by atoms with Crippen molar-refractivity contribution in [2.24, 2.45) is 5.73 Å². The van der Waals surface area contributed by atoms with Crippen molar-refractivity contribution in [2.45, 2.75) is 32.9 Å². The van der Waals surface area contributed by atoms with Gasteiger partial charge < -0.3 is 21.1 Å². The molecule has 0 radical (unpaired) electrons. The fourth-order valence-corrected chi connectivity index (χ4v) is 1.62. The topological polar surface area (TPSA) is 59.3 Å². The maximum atomic E-state index is 5.38. The summed E-state index contributed by atoms with van der Waals surface area (Å²) in [4.78, 5) is 0. The lowest BCUT2D eigenvalue weighted by Crippen LogP contribution is -2.22. The molecule has 1 rings (SSSR count). The van der Waals surface area contributed by atoms with Gasteiger partial charge >= 0.3 is 0 Å². The van der Waals surface area contributed by atoms with Crippen LogP contribution in [-0.4, -0.2) is 13.1 Å². The van der Waals surface area contributed by atoms with Crippen LogP contribution in [0.15, 0.2) is 61.7 Å². The van der Waals surface area contributed by atoms with Crippen molar-refractivity contribution >= 4 is 5.69 Å². The van der Waals surface area contributed by atoms with Crippen LogP contribution in [0.3, 0.4) is 0 Å². The highest BCUT2D eigenvalue weighted by atomic mass is 16.5. The van der Waals surface area contributed by atoms with E-state index in [-0.39, 0.29) is 0 Å². The third-order valence-corrected chi connectivity index (χ3v) is 2.81. The molecular formula is C18H29N3O. The van der Waals surface area contributed by atoms with Crippen molar-refractivity contribution in [1.82, 2.24) is 5.32 Å². The van der Waals surface area contributed by atoms with Crippen LogP contribution in [-0.2, 0) is 11.3 Å². The zero-order valence-electron chi connectivity index (χ0n) is 14.0. The Morgan fingerprint density at radius 1 is 1.32 bits per heavy atom. The molecule has 0 aliphatic heterocycles. The number of hydrogen-bond donors (Lipinski definition) is 3. The molecule has 122 valence electrons. The van der Waals surface area contributed by atoms with E-state index in [0.717, 1.165) is 29.1 Å². The Bertz CT molecular complexity index is 466. The first-order valence-corrected chi connectivity index (χ1v) is 7.24. The van der Waals surface area contributed by atoms with Gasteiger partial charge in [0, 0.05) is 23.8 Å². The predicted molar refractivity (Wildman–Crippen MR) is 96.3 cm³/mol. The van der Waals surface area contributed by atoms with Crippen molar-refractivity contribution in [3.8, 4) is 0 Å². The van der Waals surface area contributed by atoms with E-state index >= 15 is 0 Å². The zero-order valence-corrected chi connectivity index (χ0v) is 14.0. The standard InChI is InChI=1S/C16H24N2O.C2H5N/c1-12(2)19-11-15-6-8-16(9-7-15)18-14(4)10-13(3)17-5;1-2-3/h6-9,13,17-18H,1,4,10-11H2,2-3,5H3;2H,1,3H2. The van der Waals surface area contributed by atoms with Gasteiger partial charge in [-0.15, -0.1) is 0 Å². The first-order chi connectivity index (χ1) is 10.4. The Kier molecular flexibility index (Phi) is 10.3. The minimum atomic E-state index is 0.420. The summed E-state index contributed by atoms with van der Waals surface area (Å²) in [6.45, 7) is 15.4. The van der Waals surface area contributed by atoms with Gasteiger partial charge in [0.05, 0.1) is 5.76 Å². The highest BCUT2D eigenvalue weighted by molar-refractivity contribution is 5.48. The fourth-order valence-electron chi connectivity index (χ4n) is 1.62. The summed E-state index contributed by atoms with van der Waals surface area (Å²) in [5, 5.41) is 6.50. The molecule has 1 atom stereocenters. The molecule has 1 aromatic carbocycles. The molecule has 22 heavy (non-hydrogen) atoms. The van der Waals surface area contributed by atoms with E-state index in [4.69, 9.17) is 4.74 Å². The van der Waals surface area contributed by atoms with Crippen LogP contribution < -0.4 is 16.4 Å². The summed E-state index contributed by atoms with van der Waals surface area (Å²) in [6.07, 6.45) is 2.15. The average Bonchev–Trinajstić information content (AvgIpc) is 2.47. The van der Waals surface area contributed by atoms with Crippen molar-refractivity contribution in [3.63, 3.8) is 0 Å². The fraction of sp³-hybridized carbons (Fsp3) is 0.333. The van der Waals surface area contributed by atoms with Gasteiger partial charge in [0.2, 0.25) is 0 Å². The SMILES string of the molecule is C=C(CC(C)NC)Nc1ccc(COC(=C)C)cc1.C=CN. The molecule has 0 aliphatic rings. The molecule has 0 fully saturated rings. The normalized spacial score (nSPS) is 10.7. The van der Waals surface area contributed by atoms with Crippen LogP contribution in [0, 0.1) is 0 Å². The molecule has 0 spiro atoms. The molecule has 0 saturated carbocycles. The maximum absolute atomic E-state index is 5.38. The van der Waals surface area contributed by atoms with E-state index in [1.165, 1.54) is 6.20 Å². The molecular weight excluding hydrogens is 274 g/mol. The molecule has 0 saturated heterocycles. The Labute approximate surface area is 134 Å². The van der Waals surface area contributed by atoms with Gasteiger partial charge in [0.15, 0.2) is 0 Å². The van der Waals surface area contributed by atoms with Gasteiger partial charge in [-0.2, -0.15) is 0 Å². The molecule has 0 aromatic heterocycles. The monoisotopic (exact) mass is 303 g/mol. The molecule has 1 unspecified atom stereocenters. The zero-order chi connectivity index (χ0) is 17.0. The minimum Gasteiger partial charge on any atom is -0.494 e. The largest absolute Gasteiger partial charge is 0.494 e. The van der Waals surface area contributed by atoms with Crippen molar-refractivity contribution in [2.75, 3.05) is 12.4 Å². The second kappa shape index (κ2) is 11.5. The van der Waals surface area contributed by atoms with Gasteiger partial charge in [-0.1, -0.05) is 31.9 Å². The average molecular weight is 303 g/mol. The highest BCUT2D eigenvalue weighted by Crippen LogP contribution is 2.14. The molecule has 4 heteroatoms. The number of allylic oxidation sites excluding steroid dienone is 1. The molecule has 4 nitrogen and oxygen atoms in total. The van der Waals surface area contributed by atoms with E-state index in [9.17, 15) is 0 Å². The number of nitrogens with two attached hydrogens (primary N) is 1. The minimum absolute atomic E-state index is 0.420. The van der Waals surface area contributed by atoms with E-state index in [1.54, 1.807) is 0 Å². The molecule has 0 heterocycles. The van der Waals surface area contributed by atoms with Crippen LogP contribution in [0.25, 0.3) is 0 Å². The summed E-state index contributed by atoms with van der Waals surface area (Å²) in [7, 11) is 1.95. The van der Waals surface area contributed by atoms with Gasteiger partial charge in [0.1, 0.15) is 6.61 Å². The quantitative estimate of drug-likeness (QED) is 0.640. The first kappa shape index (κ1) is 19.8. The molecule has 4 N–H and O–H groups in total. The smallest absolute Gasteiger partial charge is 0.113 e. The van der Waals surface area contributed by atoms with Crippen LogP contribution in [0.5, 0.6) is 0 Å². The van der Waals surface area contributed by atoms with Crippen LogP contribution in [0.2, 0.25) is 0 Å². The lowest BCUT2D eigenvalue weighted by atomic mass is 10.1. The number of ether oxygens (including phenoxy) is 1. The third-order valence-electron chi connectivity index (χ3n) is 2.81. The number of benzene rings is 1. The van der Waals surface area contributed by atoms with Crippen molar-refractivity contribution < 1.29 is 4.74 Å². The van der Waals surface area contributed by atoms with E-state index in [0.29, 0.717) is 12.6 Å². The Morgan fingerprint density at radius 2 is 1.86 bits per heavy atom. The molecule has 1 aromatic rings.